The fourth-order valence-corrected chi connectivity index (χ4v) is 0.710. The van der Waals surface area contributed by atoms with Gasteiger partial charge in [0.2, 0.25) is 0 Å². The van der Waals surface area contributed by atoms with Gasteiger partial charge in [-0.2, -0.15) is 0 Å². The van der Waals surface area contributed by atoms with Crippen molar-refractivity contribution in [2.45, 2.75) is 19.5 Å². The largest absolute Gasteiger partial charge is 0.322 e. The second-order valence-electron chi connectivity index (χ2n) is 1.70. The van der Waals surface area contributed by atoms with Crippen LogP contribution in [0.5, 0.6) is 0 Å². The van der Waals surface area contributed by atoms with E-state index in [1.807, 2.05) is 6.92 Å². The van der Waals surface area contributed by atoms with E-state index in [9.17, 15) is 0 Å². The summed E-state index contributed by atoms with van der Waals surface area (Å²) in [5, 5.41) is 2.23. The monoisotopic (exact) mass is 145 g/mol. The molecule has 0 spiro atoms. The molecule has 3 nitrogen and oxygen atoms in total. The van der Waals surface area contributed by atoms with Crippen molar-refractivity contribution in [1.29, 1.82) is 0 Å². The summed E-state index contributed by atoms with van der Waals surface area (Å²) in [6.45, 7) is 2.30. The highest BCUT2D eigenvalue weighted by atomic mass is 32.1. The fraction of sp³-hybridized carbons (Fsp3) is 0.800. The molecule has 50 valence electrons. The molecule has 1 heterocycles. The normalized spacial score (nSPS) is 32.6. The van der Waals surface area contributed by atoms with Crippen molar-refractivity contribution in [3.8, 4) is 0 Å². The van der Waals surface area contributed by atoms with Crippen molar-refractivity contribution in [3.63, 3.8) is 0 Å². The first-order valence-corrected chi connectivity index (χ1v) is 3.08. The number of nitrogens with zero attached hydrogens (tertiary/aromatic N) is 1. The number of aliphatic imine (C=N–C) groups is 1. The smallest absolute Gasteiger partial charge is 0.183 e. The molecule has 0 aromatic heterocycles. The van der Waals surface area contributed by atoms with E-state index >= 15 is 0 Å². The third-order valence-electron chi connectivity index (χ3n) is 0.992. The molecule has 0 bridgehead atoms. The predicted octanol–water partition coefficient (Wildman–Crippen LogP) is 0.808. The van der Waals surface area contributed by atoms with Crippen LogP contribution in [0, 0.1) is 0 Å². The van der Waals surface area contributed by atoms with Gasteiger partial charge < -0.3 is 9.47 Å². The Hall–Kier alpha value is -0.280. The number of thiocarbonyl (C=S) groups is 1. The Labute approximate surface area is 58.7 Å². The van der Waals surface area contributed by atoms with Crippen LogP contribution in [0.1, 0.15) is 6.92 Å². The average Bonchev–Trinajstić information content (AvgIpc) is 1.78. The van der Waals surface area contributed by atoms with Crippen LogP contribution in [0.2, 0.25) is 0 Å². The van der Waals surface area contributed by atoms with Gasteiger partial charge in [0.25, 0.3) is 0 Å². The van der Waals surface area contributed by atoms with E-state index in [0.717, 1.165) is 0 Å². The Morgan fingerprint density at radius 3 is 2.78 bits per heavy atom. The zero-order valence-corrected chi connectivity index (χ0v) is 5.85. The lowest BCUT2D eigenvalue weighted by Gasteiger charge is -2.32. The van der Waals surface area contributed by atoms with Crippen LogP contribution in [-0.4, -0.2) is 24.3 Å². The van der Waals surface area contributed by atoms with Gasteiger partial charge in [-0.05, 0) is 19.1 Å². The Kier molecular flexibility index (Phi) is 2.30. The van der Waals surface area contributed by atoms with E-state index in [4.69, 9.17) is 9.47 Å². The Morgan fingerprint density at radius 1 is 1.67 bits per heavy atom. The van der Waals surface area contributed by atoms with Crippen molar-refractivity contribution in [2.24, 2.45) is 4.99 Å². The van der Waals surface area contributed by atoms with Gasteiger partial charge in [-0.1, -0.05) is 0 Å². The number of ether oxygens (including phenoxy) is 2. The van der Waals surface area contributed by atoms with E-state index in [1.165, 1.54) is 0 Å². The highest BCUT2D eigenvalue weighted by Crippen LogP contribution is 2.14. The topological polar surface area (TPSA) is 30.8 Å². The summed E-state index contributed by atoms with van der Waals surface area (Å²) < 4.78 is 10.1. The van der Waals surface area contributed by atoms with Gasteiger partial charge in [0.15, 0.2) is 12.6 Å². The molecule has 9 heavy (non-hydrogen) atoms. The van der Waals surface area contributed by atoms with Crippen molar-refractivity contribution < 1.29 is 9.47 Å². The zero-order chi connectivity index (χ0) is 6.69. The van der Waals surface area contributed by atoms with Gasteiger partial charge in [-0.3, -0.25) is 0 Å². The highest BCUT2D eigenvalue weighted by Gasteiger charge is 2.25. The molecule has 1 rings (SSSR count). The lowest BCUT2D eigenvalue weighted by atomic mass is 10.5. The van der Waals surface area contributed by atoms with Gasteiger partial charge in [0, 0.05) is 0 Å². The molecule has 0 aliphatic carbocycles. The molecule has 0 radical (unpaired) electrons. The third-order valence-corrected chi connectivity index (χ3v) is 1.12. The average molecular weight is 145 g/mol. The van der Waals surface area contributed by atoms with Gasteiger partial charge in [-0.25, -0.2) is 4.99 Å². The van der Waals surface area contributed by atoms with E-state index in [1.54, 1.807) is 0 Å². The number of rotatable bonds is 2. The second-order valence-corrected chi connectivity index (χ2v) is 1.88. The minimum absolute atomic E-state index is 0.0738. The first-order valence-electron chi connectivity index (χ1n) is 2.67. The summed E-state index contributed by atoms with van der Waals surface area (Å²) in [5.41, 5.74) is 0. The van der Waals surface area contributed by atoms with Crippen LogP contribution in [0.25, 0.3) is 0 Å². The van der Waals surface area contributed by atoms with E-state index in [2.05, 4.69) is 22.4 Å². The van der Waals surface area contributed by atoms with Crippen LogP contribution < -0.4 is 0 Å². The molecular formula is C5H7NO2S. The molecule has 0 aromatic carbocycles. The van der Waals surface area contributed by atoms with Crippen molar-refractivity contribution in [1.82, 2.24) is 0 Å². The van der Waals surface area contributed by atoms with Crippen LogP contribution in [0.4, 0.5) is 0 Å². The van der Waals surface area contributed by atoms with Gasteiger partial charge >= 0.3 is 0 Å². The summed E-state index contributed by atoms with van der Waals surface area (Å²) in [6, 6.07) is 0. The van der Waals surface area contributed by atoms with E-state index < -0.39 is 0 Å². The fourth-order valence-electron chi connectivity index (χ4n) is 0.636. The van der Waals surface area contributed by atoms with Gasteiger partial charge in [0.05, 0.1) is 5.16 Å². The molecular weight excluding hydrogens is 138 g/mol. The summed E-state index contributed by atoms with van der Waals surface area (Å²) in [7, 11) is 0. The van der Waals surface area contributed by atoms with Gasteiger partial charge in [0.1, 0.15) is 6.54 Å². The summed E-state index contributed by atoms with van der Waals surface area (Å²) >= 11 is 4.34. The molecule has 0 saturated carbocycles. The molecule has 1 aliphatic rings. The predicted molar refractivity (Wildman–Crippen MR) is 35.3 cm³/mol. The quantitative estimate of drug-likeness (QED) is 0.425. The minimum Gasteiger partial charge on any atom is -0.322 e. The Bertz CT molecular complexity index is 138. The zero-order valence-electron chi connectivity index (χ0n) is 5.03. The lowest BCUT2D eigenvalue weighted by Crippen LogP contribution is -2.40. The first-order chi connectivity index (χ1) is 4.33. The van der Waals surface area contributed by atoms with E-state index in [0.29, 0.717) is 6.54 Å². The number of hydrogen-bond donors (Lipinski definition) is 0. The second kappa shape index (κ2) is 3.03. The van der Waals surface area contributed by atoms with Crippen LogP contribution in [0.3, 0.4) is 0 Å². The molecule has 0 atom stereocenters. The Balaban J connectivity index is 2.10. The maximum absolute atomic E-state index is 5.04. The highest BCUT2D eigenvalue weighted by molar-refractivity contribution is 7.78. The standard InChI is InChI=1S/C5H7NO2S/c1-4-7-5(8-4)2-6-3-9/h4-5H,2H2,1H3. The van der Waals surface area contributed by atoms with Crippen molar-refractivity contribution in [3.05, 3.63) is 0 Å². The molecule has 1 fully saturated rings. The van der Waals surface area contributed by atoms with Crippen LogP contribution in [-0.2, 0) is 9.47 Å². The SMILES string of the molecule is CC1OC(CN=C=S)O1. The maximum Gasteiger partial charge on any atom is 0.183 e. The molecule has 0 aromatic rings. The minimum atomic E-state index is -0.185. The molecule has 0 amide bonds. The number of hydrogen-bond acceptors (Lipinski definition) is 4. The van der Waals surface area contributed by atoms with Crippen LogP contribution >= 0.6 is 12.2 Å². The lowest BCUT2D eigenvalue weighted by molar-refractivity contribution is -0.370. The third kappa shape index (κ3) is 1.84. The molecule has 0 unspecified atom stereocenters. The molecule has 1 saturated heterocycles. The summed E-state index contributed by atoms with van der Waals surface area (Å²) in [5.74, 6) is 0. The Morgan fingerprint density at radius 2 is 2.33 bits per heavy atom. The molecule has 4 heteroatoms. The summed E-state index contributed by atoms with van der Waals surface area (Å²) in [6.07, 6.45) is -0.259. The maximum atomic E-state index is 5.04. The summed E-state index contributed by atoms with van der Waals surface area (Å²) in [4.78, 5) is 3.64. The molecule has 0 N–H and O–H groups in total. The van der Waals surface area contributed by atoms with E-state index in [-0.39, 0.29) is 12.6 Å². The van der Waals surface area contributed by atoms with Gasteiger partial charge in [-0.15, -0.1) is 0 Å². The van der Waals surface area contributed by atoms with Crippen molar-refractivity contribution in [2.75, 3.05) is 6.54 Å². The van der Waals surface area contributed by atoms with Crippen LogP contribution in [0.15, 0.2) is 4.99 Å². The first kappa shape index (κ1) is 6.83. The molecule has 1 aliphatic heterocycles. The van der Waals surface area contributed by atoms with Crippen molar-refractivity contribution >= 4 is 17.4 Å². The number of isothiocyanates is 1.